The van der Waals surface area contributed by atoms with Gasteiger partial charge in [0.2, 0.25) is 0 Å². The van der Waals surface area contributed by atoms with E-state index in [1.807, 2.05) is 13.8 Å². The highest BCUT2D eigenvalue weighted by Crippen LogP contribution is 2.54. The highest BCUT2D eigenvalue weighted by molar-refractivity contribution is 5.92. The zero-order valence-electron chi connectivity index (χ0n) is 33.5. The molecule has 284 valence electrons. The van der Waals surface area contributed by atoms with Crippen LogP contribution >= 0.6 is 0 Å². The summed E-state index contributed by atoms with van der Waals surface area (Å²) in [5.74, 6) is 0.269. The molecular weight excluding hydrogens is 703 g/mol. The second kappa shape index (κ2) is 16.0. The highest BCUT2D eigenvalue weighted by Gasteiger charge is 2.39. The van der Waals surface area contributed by atoms with E-state index in [1.54, 1.807) is 0 Å². The van der Waals surface area contributed by atoms with Crippen LogP contribution in [0.1, 0.15) is 54.0 Å². The van der Waals surface area contributed by atoms with E-state index in [2.05, 4.69) is 217 Å². The minimum absolute atomic E-state index is 0.117. The normalized spacial score (nSPS) is 18.2. The summed E-state index contributed by atoms with van der Waals surface area (Å²) in [5, 5.41) is 0. The summed E-state index contributed by atoms with van der Waals surface area (Å²) in [5.41, 5.74) is 25.2. The molecule has 0 spiro atoms. The molecule has 0 aliphatic heterocycles. The van der Waals surface area contributed by atoms with Crippen molar-refractivity contribution >= 4 is 46.2 Å². The van der Waals surface area contributed by atoms with Gasteiger partial charge in [-0.1, -0.05) is 147 Å². The SMILES string of the molecule is CC.Cc1cc(-c2ccc(N(c3ccccc3)c3ccccc3)cc2)c2c3c1C=CC1=C(c4ccc(N(c5ccccc5)C5C=CC=CC5)cc4)C=C(N)C(C=C2)C13. The number of rotatable bonds is 8. The van der Waals surface area contributed by atoms with Crippen LogP contribution in [0.3, 0.4) is 0 Å². The molecule has 3 heteroatoms. The third kappa shape index (κ3) is 6.63. The zero-order chi connectivity index (χ0) is 39.6. The summed E-state index contributed by atoms with van der Waals surface area (Å²) < 4.78 is 0. The van der Waals surface area contributed by atoms with E-state index in [0.29, 0.717) is 0 Å². The molecule has 0 aromatic heterocycles. The Bertz CT molecular complexity index is 2570. The number of benzene rings is 6. The van der Waals surface area contributed by atoms with E-state index in [9.17, 15) is 0 Å². The lowest BCUT2D eigenvalue weighted by atomic mass is 9.64. The first kappa shape index (κ1) is 36.8. The summed E-state index contributed by atoms with van der Waals surface area (Å²) in [7, 11) is 0. The molecule has 4 aliphatic carbocycles. The zero-order valence-corrected chi connectivity index (χ0v) is 33.5. The van der Waals surface area contributed by atoms with E-state index in [-0.39, 0.29) is 17.9 Å². The number of aryl methyl sites for hydroxylation is 1. The number of nitrogens with zero attached hydrogens (tertiary/aromatic N) is 2. The average Bonchev–Trinajstić information content (AvgIpc) is 3.29. The van der Waals surface area contributed by atoms with E-state index >= 15 is 0 Å². The lowest BCUT2D eigenvalue weighted by Gasteiger charge is -2.40. The molecule has 3 unspecified atom stereocenters. The van der Waals surface area contributed by atoms with Gasteiger partial charge in [-0.05, 0) is 130 Å². The van der Waals surface area contributed by atoms with Crippen molar-refractivity contribution in [2.24, 2.45) is 11.7 Å². The third-order valence-corrected chi connectivity index (χ3v) is 11.8. The Hall–Kier alpha value is -6.84. The maximum Gasteiger partial charge on any atom is 0.0559 e. The van der Waals surface area contributed by atoms with E-state index in [1.165, 1.54) is 61.5 Å². The Morgan fingerprint density at radius 2 is 1.14 bits per heavy atom. The molecule has 6 aromatic rings. The Balaban J connectivity index is 0.00000215. The fourth-order valence-corrected chi connectivity index (χ4v) is 9.20. The molecule has 0 saturated carbocycles. The number of para-hydroxylation sites is 3. The number of nitrogens with two attached hydrogens (primary N) is 1. The fraction of sp³-hybridized carbons (Fsp3) is 0.127. The van der Waals surface area contributed by atoms with Gasteiger partial charge in [0.15, 0.2) is 0 Å². The Labute approximate surface area is 343 Å². The molecule has 0 saturated heterocycles. The van der Waals surface area contributed by atoms with Crippen molar-refractivity contribution in [3.63, 3.8) is 0 Å². The number of anilines is 5. The van der Waals surface area contributed by atoms with Gasteiger partial charge in [-0.2, -0.15) is 0 Å². The van der Waals surface area contributed by atoms with Crippen LogP contribution in [-0.4, -0.2) is 6.04 Å². The van der Waals surface area contributed by atoms with Gasteiger partial charge in [0.05, 0.1) is 6.04 Å². The van der Waals surface area contributed by atoms with Crippen molar-refractivity contribution in [1.29, 1.82) is 0 Å². The van der Waals surface area contributed by atoms with Gasteiger partial charge >= 0.3 is 0 Å². The van der Waals surface area contributed by atoms with Gasteiger partial charge in [-0.3, -0.25) is 0 Å². The van der Waals surface area contributed by atoms with Crippen LogP contribution in [0.25, 0.3) is 28.9 Å². The van der Waals surface area contributed by atoms with Crippen molar-refractivity contribution in [3.8, 4) is 11.1 Å². The van der Waals surface area contributed by atoms with E-state index in [4.69, 9.17) is 5.73 Å². The van der Waals surface area contributed by atoms with Crippen LogP contribution in [0.15, 0.2) is 199 Å². The highest BCUT2D eigenvalue weighted by atomic mass is 15.2. The third-order valence-electron chi connectivity index (χ3n) is 11.8. The molecule has 2 N–H and O–H groups in total. The fourth-order valence-electron chi connectivity index (χ4n) is 9.20. The van der Waals surface area contributed by atoms with Gasteiger partial charge in [0.1, 0.15) is 0 Å². The Morgan fingerprint density at radius 3 is 1.76 bits per heavy atom. The molecule has 0 fully saturated rings. The van der Waals surface area contributed by atoms with Crippen LogP contribution in [-0.2, 0) is 0 Å². The molecule has 10 rings (SSSR count). The molecular formula is C55H49N3. The van der Waals surface area contributed by atoms with Gasteiger partial charge in [0, 0.05) is 46.0 Å². The molecule has 4 aliphatic rings. The first-order valence-corrected chi connectivity index (χ1v) is 20.7. The minimum Gasteiger partial charge on any atom is -0.402 e. The van der Waals surface area contributed by atoms with Gasteiger partial charge in [-0.15, -0.1) is 0 Å². The van der Waals surface area contributed by atoms with Crippen LogP contribution in [0.4, 0.5) is 28.4 Å². The van der Waals surface area contributed by atoms with Crippen LogP contribution in [0, 0.1) is 12.8 Å². The standard InChI is InChI=1S/C53H43N3.C2H6/c1-36-34-49(37-22-26-43(27-23-37)55(39-14-6-2-7-15-39)40-16-8-3-9-17-40)46-32-33-48-51(54)35-50(47-31-30-45(36)52(46)53(47)48)38-24-28-44(29-25-38)56(41-18-10-4-11-19-41)42-20-12-5-13-21-42;1-2/h2-20,22-35,42,48,53H,21,54H2,1H3;1-2H3. The van der Waals surface area contributed by atoms with Crippen LogP contribution in [0.5, 0.6) is 0 Å². The van der Waals surface area contributed by atoms with Crippen LogP contribution < -0.4 is 15.5 Å². The van der Waals surface area contributed by atoms with Gasteiger partial charge < -0.3 is 15.5 Å². The maximum atomic E-state index is 7.02. The molecule has 58 heavy (non-hydrogen) atoms. The lowest BCUT2D eigenvalue weighted by Crippen LogP contribution is -2.29. The predicted molar refractivity (Wildman–Crippen MR) is 248 cm³/mol. The molecule has 0 heterocycles. The summed E-state index contributed by atoms with van der Waals surface area (Å²) in [6.07, 6.45) is 21.4. The van der Waals surface area contributed by atoms with E-state index < -0.39 is 0 Å². The van der Waals surface area contributed by atoms with Crippen LogP contribution in [0.2, 0.25) is 0 Å². The summed E-state index contributed by atoms with van der Waals surface area (Å²) in [6.45, 7) is 6.25. The number of hydrogen-bond donors (Lipinski definition) is 1. The summed E-state index contributed by atoms with van der Waals surface area (Å²) >= 11 is 0. The van der Waals surface area contributed by atoms with Crippen molar-refractivity contribution in [1.82, 2.24) is 0 Å². The molecule has 3 nitrogen and oxygen atoms in total. The molecule has 6 aromatic carbocycles. The second-order valence-corrected chi connectivity index (χ2v) is 15.1. The second-order valence-electron chi connectivity index (χ2n) is 15.1. The number of allylic oxidation sites excluding steroid dienone is 7. The lowest BCUT2D eigenvalue weighted by molar-refractivity contribution is 0.626. The van der Waals surface area contributed by atoms with Crippen molar-refractivity contribution in [3.05, 3.63) is 227 Å². The minimum atomic E-state index is 0.117. The van der Waals surface area contributed by atoms with E-state index in [0.717, 1.165) is 29.2 Å². The monoisotopic (exact) mass is 751 g/mol. The predicted octanol–water partition coefficient (Wildman–Crippen LogP) is 14.2. The topological polar surface area (TPSA) is 32.5 Å². The molecule has 0 radical (unpaired) electrons. The summed E-state index contributed by atoms with van der Waals surface area (Å²) in [4.78, 5) is 4.75. The van der Waals surface area contributed by atoms with Gasteiger partial charge in [0.25, 0.3) is 0 Å². The maximum absolute atomic E-state index is 7.02. The summed E-state index contributed by atoms with van der Waals surface area (Å²) in [6, 6.07) is 52.7. The average molecular weight is 752 g/mol. The Kier molecular flexibility index (Phi) is 10.1. The van der Waals surface area contributed by atoms with Crippen molar-refractivity contribution in [2.75, 3.05) is 9.80 Å². The smallest absolute Gasteiger partial charge is 0.0559 e. The quantitative estimate of drug-likeness (QED) is 0.168. The largest absolute Gasteiger partial charge is 0.402 e. The van der Waals surface area contributed by atoms with Crippen molar-refractivity contribution in [2.45, 2.75) is 39.2 Å². The van der Waals surface area contributed by atoms with Crippen molar-refractivity contribution < 1.29 is 0 Å². The first-order valence-electron chi connectivity index (χ1n) is 20.7. The molecule has 0 bridgehead atoms. The molecule has 3 atom stereocenters. The first-order chi connectivity index (χ1) is 28.6. The number of hydrogen-bond acceptors (Lipinski definition) is 3. The molecule has 0 amide bonds. The van der Waals surface area contributed by atoms with Gasteiger partial charge in [-0.25, -0.2) is 0 Å². The Morgan fingerprint density at radius 1 is 0.569 bits per heavy atom.